The summed E-state index contributed by atoms with van der Waals surface area (Å²) < 4.78 is 5.54. The van der Waals surface area contributed by atoms with Crippen LogP contribution >= 0.6 is 23.5 Å². The Balaban J connectivity index is 2.04. The van der Waals surface area contributed by atoms with Crippen LogP contribution in [0.15, 0.2) is 12.2 Å². The molecule has 108 valence electrons. The van der Waals surface area contributed by atoms with Crippen molar-refractivity contribution in [2.75, 3.05) is 11.5 Å². The lowest BCUT2D eigenvalue weighted by Gasteiger charge is -2.33. The highest BCUT2D eigenvalue weighted by Gasteiger charge is 2.31. The Morgan fingerprint density at radius 3 is 2.68 bits per heavy atom. The molecule has 19 heavy (non-hydrogen) atoms. The van der Waals surface area contributed by atoms with Crippen molar-refractivity contribution in [3.63, 3.8) is 0 Å². The Kier molecular flexibility index (Phi) is 6.14. The second-order valence-electron chi connectivity index (χ2n) is 5.40. The summed E-state index contributed by atoms with van der Waals surface area (Å²) in [5.74, 6) is 2.25. The first-order chi connectivity index (χ1) is 9.20. The standard InChI is InChI=1S/C15H24O2S2/c1-13-7-4-2-3-5-9-15(10-8-14(16)17-13)18-11-6-12-19-15/h8,10,13H,2-7,9,11-12H2,1H3/b10-8+/t13-/m1/s1. The molecule has 1 spiro atoms. The summed E-state index contributed by atoms with van der Waals surface area (Å²) in [7, 11) is 0. The Labute approximate surface area is 125 Å². The van der Waals surface area contributed by atoms with E-state index in [9.17, 15) is 4.79 Å². The molecule has 0 aliphatic carbocycles. The molecule has 1 fully saturated rings. The first-order valence-electron chi connectivity index (χ1n) is 7.38. The van der Waals surface area contributed by atoms with Gasteiger partial charge in [-0.3, -0.25) is 0 Å². The van der Waals surface area contributed by atoms with Crippen LogP contribution in [0.3, 0.4) is 0 Å². The molecule has 1 atom stereocenters. The van der Waals surface area contributed by atoms with E-state index in [0.717, 1.165) is 6.42 Å². The minimum absolute atomic E-state index is 0.0548. The number of ether oxygens (including phenoxy) is 1. The van der Waals surface area contributed by atoms with Gasteiger partial charge in [-0.1, -0.05) is 25.3 Å². The number of thioether (sulfide) groups is 2. The molecule has 2 rings (SSSR count). The summed E-state index contributed by atoms with van der Waals surface area (Å²) in [5, 5.41) is 0. The van der Waals surface area contributed by atoms with Gasteiger partial charge in [0.2, 0.25) is 0 Å². The van der Waals surface area contributed by atoms with E-state index < -0.39 is 0 Å². The van der Waals surface area contributed by atoms with Crippen molar-refractivity contribution < 1.29 is 9.53 Å². The number of cyclic esters (lactones) is 1. The van der Waals surface area contributed by atoms with E-state index in [1.54, 1.807) is 6.08 Å². The average molecular weight is 300 g/mol. The normalized spacial score (nSPS) is 31.0. The van der Waals surface area contributed by atoms with Gasteiger partial charge in [-0.05, 0) is 44.1 Å². The van der Waals surface area contributed by atoms with Crippen molar-refractivity contribution in [3.8, 4) is 0 Å². The number of carbonyl (C=O) groups is 1. The summed E-state index contributed by atoms with van der Waals surface area (Å²) in [6.07, 6.45) is 12.3. The molecule has 2 aliphatic rings. The molecule has 0 amide bonds. The van der Waals surface area contributed by atoms with E-state index in [1.165, 1.54) is 50.0 Å². The van der Waals surface area contributed by atoms with Crippen LogP contribution in [0.5, 0.6) is 0 Å². The van der Waals surface area contributed by atoms with Gasteiger partial charge in [0.25, 0.3) is 0 Å². The predicted molar refractivity (Wildman–Crippen MR) is 84.7 cm³/mol. The lowest BCUT2D eigenvalue weighted by atomic mass is 10.1. The lowest BCUT2D eigenvalue weighted by Crippen LogP contribution is -2.23. The Morgan fingerprint density at radius 1 is 1.16 bits per heavy atom. The molecular weight excluding hydrogens is 276 g/mol. The molecule has 2 aliphatic heterocycles. The zero-order valence-electron chi connectivity index (χ0n) is 11.7. The largest absolute Gasteiger partial charge is 0.460 e. The highest BCUT2D eigenvalue weighted by molar-refractivity contribution is 8.19. The van der Waals surface area contributed by atoms with Crippen LogP contribution in [-0.2, 0) is 9.53 Å². The summed E-state index contributed by atoms with van der Waals surface area (Å²) in [6, 6.07) is 0. The van der Waals surface area contributed by atoms with E-state index in [4.69, 9.17) is 4.74 Å². The van der Waals surface area contributed by atoms with Gasteiger partial charge in [-0.2, -0.15) is 0 Å². The van der Waals surface area contributed by atoms with Crippen LogP contribution in [-0.4, -0.2) is 27.7 Å². The molecular formula is C15H24O2S2. The van der Waals surface area contributed by atoms with Gasteiger partial charge >= 0.3 is 5.97 Å². The van der Waals surface area contributed by atoms with Gasteiger partial charge in [-0.15, -0.1) is 23.5 Å². The summed E-state index contributed by atoms with van der Waals surface area (Å²) in [6.45, 7) is 2.00. The summed E-state index contributed by atoms with van der Waals surface area (Å²) >= 11 is 4.02. The molecule has 0 N–H and O–H groups in total. The predicted octanol–water partition coefficient (Wildman–Crippen LogP) is 4.39. The third kappa shape index (κ3) is 5.07. The third-order valence-electron chi connectivity index (χ3n) is 3.66. The van der Waals surface area contributed by atoms with Crippen molar-refractivity contribution in [3.05, 3.63) is 12.2 Å². The number of esters is 1. The van der Waals surface area contributed by atoms with Crippen molar-refractivity contribution in [1.29, 1.82) is 0 Å². The van der Waals surface area contributed by atoms with Gasteiger partial charge in [-0.25, -0.2) is 4.79 Å². The maximum Gasteiger partial charge on any atom is 0.330 e. The van der Waals surface area contributed by atoms with E-state index >= 15 is 0 Å². The second-order valence-corrected chi connectivity index (χ2v) is 8.51. The van der Waals surface area contributed by atoms with Crippen LogP contribution in [0.25, 0.3) is 0 Å². The van der Waals surface area contributed by atoms with Crippen molar-refractivity contribution in [2.24, 2.45) is 0 Å². The zero-order chi connectivity index (χ0) is 13.6. The topological polar surface area (TPSA) is 26.3 Å². The number of hydrogen-bond acceptors (Lipinski definition) is 4. The highest BCUT2D eigenvalue weighted by atomic mass is 32.2. The monoisotopic (exact) mass is 300 g/mol. The molecule has 4 heteroatoms. The first kappa shape index (κ1) is 15.3. The van der Waals surface area contributed by atoms with E-state index in [0.29, 0.717) is 0 Å². The zero-order valence-corrected chi connectivity index (χ0v) is 13.4. The molecule has 0 aromatic rings. The van der Waals surface area contributed by atoms with Crippen LogP contribution < -0.4 is 0 Å². The van der Waals surface area contributed by atoms with Crippen molar-refractivity contribution in [2.45, 2.75) is 62.1 Å². The summed E-state index contributed by atoms with van der Waals surface area (Å²) in [5.41, 5.74) is 0. The van der Waals surface area contributed by atoms with Gasteiger partial charge in [0.15, 0.2) is 0 Å². The van der Waals surface area contributed by atoms with Crippen LogP contribution in [0, 0.1) is 0 Å². The molecule has 0 saturated carbocycles. The minimum Gasteiger partial charge on any atom is -0.460 e. The second kappa shape index (κ2) is 7.63. The maximum atomic E-state index is 11.8. The fraction of sp³-hybridized carbons (Fsp3) is 0.800. The molecule has 0 unspecified atom stereocenters. The quantitative estimate of drug-likeness (QED) is 0.620. The average Bonchev–Trinajstić information content (AvgIpc) is 2.41. The fourth-order valence-electron chi connectivity index (χ4n) is 2.56. The van der Waals surface area contributed by atoms with Gasteiger partial charge in [0.05, 0.1) is 10.2 Å². The molecule has 2 nitrogen and oxygen atoms in total. The van der Waals surface area contributed by atoms with E-state index in [1.807, 2.05) is 30.4 Å². The van der Waals surface area contributed by atoms with Crippen molar-refractivity contribution in [1.82, 2.24) is 0 Å². The van der Waals surface area contributed by atoms with Crippen LogP contribution in [0.2, 0.25) is 0 Å². The Bertz CT molecular complexity index is 322. The number of carbonyl (C=O) groups excluding carboxylic acids is 1. The highest BCUT2D eigenvalue weighted by Crippen LogP contribution is 2.47. The Hall–Kier alpha value is -0.0900. The van der Waals surface area contributed by atoms with Crippen molar-refractivity contribution >= 4 is 29.5 Å². The molecule has 0 bridgehead atoms. The number of hydrogen-bond donors (Lipinski definition) is 0. The summed E-state index contributed by atoms with van der Waals surface area (Å²) in [4.78, 5) is 11.8. The van der Waals surface area contributed by atoms with Crippen LogP contribution in [0.4, 0.5) is 0 Å². The SMILES string of the molecule is C[C@@H]1CCCCCCC2(/C=C/C(=O)O1)SCCCS2. The molecule has 1 saturated heterocycles. The number of rotatable bonds is 0. The third-order valence-corrected chi connectivity index (χ3v) is 7.01. The lowest BCUT2D eigenvalue weighted by molar-refractivity contribution is -0.142. The van der Waals surface area contributed by atoms with Crippen LogP contribution in [0.1, 0.15) is 51.9 Å². The molecule has 0 aromatic heterocycles. The minimum atomic E-state index is -0.167. The maximum absolute atomic E-state index is 11.8. The van der Waals surface area contributed by atoms with Gasteiger partial charge in [0.1, 0.15) is 0 Å². The molecule has 2 heterocycles. The van der Waals surface area contributed by atoms with Gasteiger partial charge < -0.3 is 4.74 Å². The smallest absolute Gasteiger partial charge is 0.330 e. The van der Waals surface area contributed by atoms with E-state index in [2.05, 4.69) is 6.08 Å². The molecule has 0 aromatic carbocycles. The fourth-order valence-corrected chi connectivity index (χ4v) is 5.75. The van der Waals surface area contributed by atoms with E-state index in [-0.39, 0.29) is 16.2 Å². The Morgan fingerprint density at radius 2 is 1.89 bits per heavy atom. The van der Waals surface area contributed by atoms with Gasteiger partial charge in [0, 0.05) is 6.08 Å². The molecule has 0 radical (unpaired) electrons. The first-order valence-corrected chi connectivity index (χ1v) is 9.35.